The van der Waals surface area contributed by atoms with Gasteiger partial charge < -0.3 is 9.97 Å². The molecule has 0 radical (unpaired) electrons. The van der Waals surface area contributed by atoms with Crippen molar-refractivity contribution in [1.29, 1.82) is 0 Å². The molecular formula is C14H13BrN2OS. The summed E-state index contributed by atoms with van der Waals surface area (Å²) < 4.78 is 0. The molecule has 3 nitrogen and oxygen atoms in total. The Morgan fingerprint density at radius 1 is 1.21 bits per heavy atom. The molecule has 0 fully saturated rings. The largest absolute Gasteiger partial charge is 0.323 e. The van der Waals surface area contributed by atoms with Crippen LogP contribution in [0.15, 0.2) is 35.1 Å². The molecular weight excluding hydrogens is 324 g/mol. The molecule has 0 aliphatic rings. The first-order chi connectivity index (χ1) is 9.17. The minimum atomic E-state index is -0.164. The Balaban J connectivity index is 2.00. The third-order valence-corrected chi connectivity index (χ3v) is 5.73. The fourth-order valence-corrected chi connectivity index (χ4v) is 3.77. The van der Waals surface area contributed by atoms with E-state index in [1.165, 1.54) is 9.75 Å². The third kappa shape index (κ3) is 2.40. The molecule has 0 bridgehead atoms. The van der Waals surface area contributed by atoms with Crippen molar-refractivity contribution < 1.29 is 0 Å². The number of fused-ring (bicyclic) bond motifs is 1. The maximum atomic E-state index is 11.3. The Labute approximate surface area is 122 Å². The van der Waals surface area contributed by atoms with Crippen molar-refractivity contribution in [2.75, 3.05) is 0 Å². The van der Waals surface area contributed by atoms with Gasteiger partial charge in [-0.1, -0.05) is 28.9 Å². The molecule has 2 N–H and O–H groups in total. The van der Waals surface area contributed by atoms with Crippen LogP contribution in [0.25, 0.3) is 11.0 Å². The summed E-state index contributed by atoms with van der Waals surface area (Å²) >= 11 is 5.56. The molecule has 19 heavy (non-hydrogen) atoms. The van der Waals surface area contributed by atoms with Gasteiger partial charge >= 0.3 is 5.69 Å². The predicted octanol–water partition coefficient (Wildman–Crippen LogP) is 3.96. The van der Waals surface area contributed by atoms with E-state index in [2.05, 4.69) is 45.0 Å². The topological polar surface area (TPSA) is 48.6 Å². The lowest BCUT2D eigenvalue weighted by molar-refractivity contribution is 1.19. The van der Waals surface area contributed by atoms with Gasteiger partial charge in [0.05, 0.1) is 15.9 Å². The van der Waals surface area contributed by atoms with Gasteiger partial charge in [-0.15, -0.1) is 11.3 Å². The molecule has 1 unspecified atom stereocenters. The number of rotatable bonds is 3. The molecule has 0 spiro atoms. The van der Waals surface area contributed by atoms with Gasteiger partial charge in [-0.3, -0.25) is 0 Å². The number of H-pyrrole nitrogens is 2. The number of thiophene rings is 1. The van der Waals surface area contributed by atoms with Crippen molar-refractivity contribution >= 4 is 38.3 Å². The Morgan fingerprint density at radius 3 is 2.74 bits per heavy atom. The molecule has 0 aliphatic heterocycles. The predicted molar refractivity (Wildman–Crippen MR) is 83.4 cm³/mol. The minimum Gasteiger partial charge on any atom is -0.306 e. The first kappa shape index (κ1) is 12.7. The van der Waals surface area contributed by atoms with Crippen molar-refractivity contribution in [3.63, 3.8) is 0 Å². The van der Waals surface area contributed by atoms with Crippen LogP contribution in [0.3, 0.4) is 0 Å². The van der Waals surface area contributed by atoms with Crippen molar-refractivity contribution in [3.8, 4) is 0 Å². The van der Waals surface area contributed by atoms with Crippen LogP contribution in [0, 0.1) is 0 Å². The van der Waals surface area contributed by atoms with E-state index in [9.17, 15) is 4.79 Å². The van der Waals surface area contributed by atoms with E-state index in [0.717, 1.165) is 23.0 Å². The number of benzene rings is 1. The molecule has 0 saturated carbocycles. The number of aromatic amines is 2. The van der Waals surface area contributed by atoms with E-state index in [1.54, 1.807) is 0 Å². The summed E-state index contributed by atoms with van der Waals surface area (Å²) in [4.78, 5) is 19.6. The Morgan fingerprint density at radius 2 is 2.00 bits per heavy atom. The molecule has 0 aliphatic carbocycles. The summed E-state index contributed by atoms with van der Waals surface area (Å²) in [6, 6.07) is 10.3. The lowest BCUT2D eigenvalue weighted by Gasteiger charge is -2.07. The molecule has 0 saturated heterocycles. The van der Waals surface area contributed by atoms with Crippen LogP contribution in [-0.4, -0.2) is 9.97 Å². The SMILES string of the molecule is CCc1ccc(C(Br)c2ccc3[nH]c(=O)[nH]c3c2)s1. The molecule has 0 amide bonds. The highest BCUT2D eigenvalue weighted by molar-refractivity contribution is 9.09. The second-order valence-corrected chi connectivity index (χ2v) is 6.52. The summed E-state index contributed by atoms with van der Waals surface area (Å²) in [7, 11) is 0. The number of aromatic nitrogens is 2. The highest BCUT2D eigenvalue weighted by atomic mass is 79.9. The molecule has 1 atom stereocenters. The van der Waals surface area contributed by atoms with Gasteiger partial charge in [-0.2, -0.15) is 0 Å². The van der Waals surface area contributed by atoms with Crippen molar-refractivity contribution in [2.45, 2.75) is 18.2 Å². The second kappa shape index (κ2) is 4.98. The van der Waals surface area contributed by atoms with Gasteiger partial charge in [0.15, 0.2) is 0 Å². The van der Waals surface area contributed by atoms with Gasteiger partial charge in [-0.25, -0.2) is 4.79 Å². The molecule has 3 rings (SSSR count). The fraction of sp³-hybridized carbons (Fsp3) is 0.214. The zero-order chi connectivity index (χ0) is 13.4. The number of halogens is 1. The van der Waals surface area contributed by atoms with Crippen LogP contribution in [0.1, 0.15) is 27.1 Å². The number of imidazole rings is 1. The Hall–Kier alpha value is -1.33. The first-order valence-electron chi connectivity index (χ1n) is 6.12. The lowest BCUT2D eigenvalue weighted by Crippen LogP contribution is -1.99. The van der Waals surface area contributed by atoms with E-state index < -0.39 is 0 Å². The smallest absolute Gasteiger partial charge is 0.306 e. The van der Waals surface area contributed by atoms with Crippen LogP contribution < -0.4 is 5.69 Å². The number of hydrogen-bond acceptors (Lipinski definition) is 2. The summed E-state index contributed by atoms with van der Waals surface area (Å²) in [6.07, 6.45) is 1.06. The quantitative estimate of drug-likeness (QED) is 0.698. The van der Waals surface area contributed by atoms with Crippen molar-refractivity contribution in [2.24, 2.45) is 0 Å². The standard InChI is InChI=1S/C14H13BrN2OS/c1-2-9-4-6-12(19-9)13(15)8-3-5-10-11(7-8)17-14(18)16-10/h3-7,13H,2H2,1H3,(H2,16,17,18). The fourth-order valence-electron chi connectivity index (χ4n) is 2.09. The molecule has 5 heteroatoms. The van der Waals surface area contributed by atoms with E-state index >= 15 is 0 Å². The summed E-state index contributed by atoms with van der Waals surface area (Å²) in [6.45, 7) is 2.16. The summed E-state index contributed by atoms with van der Waals surface area (Å²) in [5, 5.41) is 0. The first-order valence-corrected chi connectivity index (χ1v) is 7.85. The molecule has 1 aromatic carbocycles. The van der Waals surface area contributed by atoms with E-state index in [4.69, 9.17) is 0 Å². The van der Waals surface area contributed by atoms with E-state index in [-0.39, 0.29) is 10.5 Å². The van der Waals surface area contributed by atoms with E-state index in [1.807, 2.05) is 29.5 Å². The summed E-state index contributed by atoms with van der Waals surface area (Å²) in [5.41, 5.74) is 2.67. The number of alkyl halides is 1. The van der Waals surface area contributed by atoms with Crippen LogP contribution in [0.5, 0.6) is 0 Å². The van der Waals surface area contributed by atoms with Crippen LogP contribution in [0.4, 0.5) is 0 Å². The Kier molecular flexibility index (Phi) is 3.33. The molecule has 2 heterocycles. The highest BCUT2D eigenvalue weighted by Gasteiger charge is 2.13. The average Bonchev–Trinajstić information content (AvgIpc) is 3.01. The monoisotopic (exact) mass is 336 g/mol. The normalized spacial score (nSPS) is 12.9. The van der Waals surface area contributed by atoms with Crippen LogP contribution in [0.2, 0.25) is 0 Å². The zero-order valence-corrected chi connectivity index (χ0v) is 12.8. The number of nitrogens with one attached hydrogen (secondary N) is 2. The number of aryl methyl sites for hydroxylation is 1. The maximum Gasteiger partial charge on any atom is 0.323 e. The van der Waals surface area contributed by atoms with Crippen molar-refractivity contribution in [3.05, 3.63) is 56.1 Å². The number of hydrogen-bond donors (Lipinski definition) is 2. The molecule has 98 valence electrons. The van der Waals surface area contributed by atoms with Gasteiger partial charge in [0, 0.05) is 9.75 Å². The maximum absolute atomic E-state index is 11.3. The van der Waals surface area contributed by atoms with Gasteiger partial charge in [-0.05, 0) is 36.2 Å². The van der Waals surface area contributed by atoms with Crippen molar-refractivity contribution in [1.82, 2.24) is 9.97 Å². The minimum absolute atomic E-state index is 0.164. The zero-order valence-electron chi connectivity index (χ0n) is 10.4. The van der Waals surface area contributed by atoms with Gasteiger partial charge in [0.2, 0.25) is 0 Å². The second-order valence-electron chi connectivity index (χ2n) is 4.40. The van der Waals surface area contributed by atoms with Gasteiger partial charge in [0.25, 0.3) is 0 Å². The highest BCUT2D eigenvalue weighted by Crippen LogP contribution is 2.36. The van der Waals surface area contributed by atoms with Gasteiger partial charge in [0.1, 0.15) is 0 Å². The lowest BCUT2D eigenvalue weighted by atomic mass is 10.1. The van der Waals surface area contributed by atoms with E-state index in [0.29, 0.717) is 0 Å². The summed E-state index contributed by atoms with van der Waals surface area (Å²) in [5.74, 6) is 0. The van der Waals surface area contributed by atoms with Crippen LogP contribution in [-0.2, 0) is 6.42 Å². The molecule has 3 aromatic rings. The molecule has 2 aromatic heterocycles. The Bertz CT molecular complexity index is 771. The average molecular weight is 337 g/mol. The van der Waals surface area contributed by atoms with Crippen LogP contribution >= 0.6 is 27.3 Å². The third-order valence-electron chi connectivity index (χ3n) is 3.11.